The molecule has 1 rings (SSSR count). The lowest BCUT2D eigenvalue weighted by Gasteiger charge is -2.15. The number of rotatable bonds is 6. The lowest BCUT2D eigenvalue weighted by atomic mass is 10.1. The van der Waals surface area contributed by atoms with Crippen LogP contribution in [-0.4, -0.2) is 30.9 Å². The zero-order chi connectivity index (χ0) is 13.1. The molecular weight excluding hydrogens is 218 g/mol. The molecule has 0 bridgehead atoms. The van der Waals surface area contributed by atoms with Gasteiger partial charge in [0.1, 0.15) is 0 Å². The topological polar surface area (TPSA) is 84.2 Å². The largest absolute Gasteiger partial charge is 0.354 e. The van der Waals surface area contributed by atoms with E-state index in [4.69, 9.17) is 5.73 Å². The first-order valence-corrected chi connectivity index (χ1v) is 6.14. The van der Waals surface area contributed by atoms with Gasteiger partial charge < -0.3 is 16.4 Å². The van der Waals surface area contributed by atoms with Gasteiger partial charge in [0.2, 0.25) is 11.8 Å². The van der Waals surface area contributed by atoms with Gasteiger partial charge in [-0.3, -0.25) is 9.59 Å². The Kier molecular flexibility index (Phi) is 4.51. The fourth-order valence-corrected chi connectivity index (χ4v) is 1.35. The molecule has 2 amide bonds. The van der Waals surface area contributed by atoms with Crippen LogP contribution in [0.4, 0.5) is 0 Å². The Morgan fingerprint density at radius 3 is 2.35 bits per heavy atom. The minimum Gasteiger partial charge on any atom is -0.354 e. The van der Waals surface area contributed by atoms with Crippen molar-refractivity contribution in [1.29, 1.82) is 0 Å². The summed E-state index contributed by atoms with van der Waals surface area (Å²) in [5.74, 6) is -0.348. The van der Waals surface area contributed by atoms with E-state index >= 15 is 0 Å². The van der Waals surface area contributed by atoms with Crippen LogP contribution in [0.15, 0.2) is 0 Å². The van der Waals surface area contributed by atoms with Gasteiger partial charge in [-0.2, -0.15) is 0 Å². The monoisotopic (exact) mass is 241 g/mol. The number of nitrogens with one attached hydrogen (secondary N) is 2. The van der Waals surface area contributed by atoms with E-state index in [0.717, 1.165) is 12.8 Å². The molecule has 1 atom stereocenters. The number of nitrogens with two attached hydrogens (primary N) is 1. The molecule has 0 aromatic heterocycles. The Labute approximate surface area is 103 Å². The predicted molar refractivity (Wildman–Crippen MR) is 66.2 cm³/mol. The molecule has 0 aromatic rings. The van der Waals surface area contributed by atoms with Crippen LogP contribution in [-0.2, 0) is 9.59 Å². The molecule has 0 heterocycles. The molecule has 5 heteroatoms. The molecule has 0 aliphatic heterocycles. The van der Waals surface area contributed by atoms with Crippen molar-refractivity contribution in [2.45, 2.75) is 39.7 Å². The second-order valence-electron chi connectivity index (χ2n) is 5.57. The molecule has 1 aliphatic rings. The van der Waals surface area contributed by atoms with Crippen molar-refractivity contribution in [1.82, 2.24) is 10.6 Å². The molecule has 1 fully saturated rings. The average molecular weight is 241 g/mol. The number of hydrogen-bond donors (Lipinski definition) is 3. The van der Waals surface area contributed by atoms with Gasteiger partial charge in [-0.05, 0) is 24.2 Å². The Hall–Kier alpha value is -1.10. The number of hydrogen-bond acceptors (Lipinski definition) is 3. The normalized spacial score (nSPS) is 18.6. The van der Waals surface area contributed by atoms with Crippen molar-refractivity contribution >= 4 is 11.8 Å². The maximum Gasteiger partial charge on any atom is 0.239 e. The van der Waals surface area contributed by atoms with Crippen molar-refractivity contribution in [2.75, 3.05) is 13.1 Å². The van der Waals surface area contributed by atoms with Gasteiger partial charge in [-0.25, -0.2) is 0 Å². The maximum atomic E-state index is 11.5. The molecule has 0 saturated heterocycles. The maximum absolute atomic E-state index is 11.5. The van der Waals surface area contributed by atoms with Gasteiger partial charge in [0, 0.05) is 6.54 Å². The van der Waals surface area contributed by atoms with Gasteiger partial charge in [0.15, 0.2) is 0 Å². The quantitative estimate of drug-likeness (QED) is 0.612. The van der Waals surface area contributed by atoms with Crippen molar-refractivity contribution in [3.63, 3.8) is 0 Å². The summed E-state index contributed by atoms with van der Waals surface area (Å²) >= 11 is 0. The van der Waals surface area contributed by atoms with Crippen LogP contribution >= 0.6 is 0 Å². The van der Waals surface area contributed by atoms with Crippen LogP contribution in [0, 0.1) is 11.3 Å². The first kappa shape index (κ1) is 14.0. The summed E-state index contributed by atoms with van der Waals surface area (Å²) in [5.41, 5.74) is 5.94. The van der Waals surface area contributed by atoms with Crippen LogP contribution in [0.25, 0.3) is 0 Å². The Bertz CT molecular complexity index is 298. The van der Waals surface area contributed by atoms with E-state index in [9.17, 15) is 9.59 Å². The summed E-state index contributed by atoms with van der Waals surface area (Å²) in [6, 6.07) is -0.552. The van der Waals surface area contributed by atoms with E-state index in [1.807, 2.05) is 13.8 Å². The molecule has 0 spiro atoms. The summed E-state index contributed by atoms with van der Waals surface area (Å²) in [6.07, 6.45) is 2.33. The first-order valence-electron chi connectivity index (χ1n) is 6.14. The summed E-state index contributed by atoms with van der Waals surface area (Å²) in [7, 11) is 0. The Morgan fingerprint density at radius 2 is 1.88 bits per heavy atom. The average Bonchev–Trinajstić information content (AvgIpc) is 3.00. The third-order valence-corrected chi connectivity index (χ3v) is 3.26. The molecule has 17 heavy (non-hydrogen) atoms. The smallest absolute Gasteiger partial charge is 0.239 e. The molecular formula is C12H23N3O2. The van der Waals surface area contributed by atoms with Crippen LogP contribution in [0.3, 0.4) is 0 Å². The van der Waals surface area contributed by atoms with Crippen molar-refractivity contribution in [3.05, 3.63) is 0 Å². The van der Waals surface area contributed by atoms with Gasteiger partial charge >= 0.3 is 0 Å². The molecule has 4 N–H and O–H groups in total. The highest BCUT2D eigenvalue weighted by molar-refractivity contribution is 5.87. The van der Waals surface area contributed by atoms with Gasteiger partial charge in [-0.1, -0.05) is 20.8 Å². The van der Waals surface area contributed by atoms with Crippen LogP contribution < -0.4 is 16.4 Å². The molecule has 98 valence electrons. The number of carbonyl (C=O) groups is 2. The molecule has 1 saturated carbocycles. The van der Waals surface area contributed by atoms with Gasteiger partial charge in [0.25, 0.3) is 0 Å². The lowest BCUT2D eigenvalue weighted by Crippen LogP contribution is -2.47. The summed E-state index contributed by atoms with van der Waals surface area (Å²) < 4.78 is 0. The van der Waals surface area contributed by atoms with Gasteiger partial charge in [-0.15, -0.1) is 0 Å². The minimum absolute atomic E-state index is 0.00926. The summed E-state index contributed by atoms with van der Waals surface area (Å²) in [6.45, 7) is 6.59. The van der Waals surface area contributed by atoms with Crippen LogP contribution in [0.1, 0.15) is 33.6 Å². The SMILES string of the molecule is CC(C)[C@H](N)C(=O)NCC(=O)NCC1(C)CC1. The molecule has 0 radical (unpaired) electrons. The van der Waals surface area contributed by atoms with E-state index in [2.05, 4.69) is 17.6 Å². The highest BCUT2D eigenvalue weighted by Gasteiger charge is 2.37. The first-order chi connectivity index (χ1) is 7.84. The molecule has 1 aliphatic carbocycles. The number of amides is 2. The third kappa shape index (κ3) is 4.73. The van der Waals surface area contributed by atoms with Crippen molar-refractivity contribution in [2.24, 2.45) is 17.1 Å². The highest BCUT2D eigenvalue weighted by atomic mass is 16.2. The van der Waals surface area contributed by atoms with Crippen molar-refractivity contribution < 1.29 is 9.59 Å². The zero-order valence-electron chi connectivity index (χ0n) is 10.9. The fourth-order valence-electron chi connectivity index (χ4n) is 1.35. The summed E-state index contributed by atoms with van der Waals surface area (Å²) in [5, 5.41) is 5.36. The predicted octanol–water partition coefficient (Wildman–Crippen LogP) is 0.00220. The minimum atomic E-state index is -0.552. The second kappa shape index (κ2) is 5.49. The van der Waals surface area contributed by atoms with E-state index in [0.29, 0.717) is 6.54 Å². The molecule has 5 nitrogen and oxygen atoms in total. The van der Waals surface area contributed by atoms with Gasteiger partial charge in [0.05, 0.1) is 12.6 Å². The highest BCUT2D eigenvalue weighted by Crippen LogP contribution is 2.43. The lowest BCUT2D eigenvalue weighted by molar-refractivity contribution is -0.127. The third-order valence-electron chi connectivity index (χ3n) is 3.26. The zero-order valence-corrected chi connectivity index (χ0v) is 10.9. The Morgan fingerprint density at radius 1 is 1.29 bits per heavy atom. The van der Waals surface area contributed by atoms with Crippen LogP contribution in [0.2, 0.25) is 0 Å². The van der Waals surface area contributed by atoms with E-state index in [1.165, 1.54) is 0 Å². The van der Waals surface area contributed by atoms with Crippen molar-refractivity contribution in [3.8, 4) is 0 Å². The van der Waals surface area contributed by atoms with E-state index in [-0.39, 0.29) is 29.7 Å². The number of carbonyl (C=O) groups excluding carboxylic acids is 2. The van der Waals surface area contributed by atoms with Crippen LogP contribution in [0.5, 0.6) is 0 Å². The second-order valence-corrected chi connectivity index (χ2v) is 5.57. The Balaban J connectivity index is 2.16. The fraction of sp³-hybridized carbons (Fsp3) is 0.833. The molecule has 0 aromatic carbocycles. The summed E-state index contributed by atoms with van der Waals surface area (Å²) in [4.78, 5) is 22.9. The standard InChI is InChI=1S/C12H23N3O2/c1-8(2)10(13)11(17)14-6-9(16)15-7-12(3)4-5-12/h8,10H,4-7,13H2,1-3H3,(H,14,17)(H,15,16)/t10-/m0/s1. The molecule has 0 unspecified atom stereocenters. The van der Waals surface area contributed by atoms with E-state index in [1.54, 1.807) is 0 Å². The van der Waals surface area contributed by atoms with E-state index < -0.39 is 6.04 Å².